The van der Waals surface area contributed by atoms with E-state index in [1.165, 1.54) is 6.07 Å². The van der Waals surface area contributed by atoms with Gasteiger partial charge >= 0.3 is 0 Å². The largest absolute Gasteiger partial charge is 0.381 e. The molecule has 0 radical (unpaired) electrons. The lowest BCUT2D eigenvalue weighted by atomic mass is 9.90. The Bertz CT molecular complexity index is 499. The Kier molecular flexibility index (Phi) is 4.40. The molecule has 1 unspecified atom stereocenters. The number of amides is 1. The van der Waals surface area contributed by atoms with Gasteiger partial charge in [0.15, 0.2) is 0 Å². The van der Waals surface area contributed by atoms with Crippen LogP contribution < -0.4 is 11.1 Å². The van der Waals surface area contributed by atoms with Crippen LogP contribution in [0.4, 0.5) is 4.39 Å². The Labute approximate surface area is 118 Å². The van der Waals surface area contributed by atoms with E-state index in [4.69, 9.17) is 10.5 Å². The van der Waals surface area contributed by atoms with E-state index >= 15 is 0 Å². The molecule has 1 heterocycles. The van der Waals surface area contributed by atoms with E-state index in [1.807, 2.05) is 6.92 Å². The molecule has 1 aromatic rings. The third-order valence-electron chi connectivity index (χ3n) is 3.87. The number of hydrogen-bond donors (Lipinski definition) is 2. The third kappa shape index (κ3) is 3.16. The molecule has 2 rings (SSSR count). The zero-order valence-corrected chi connectivity index (χ0v) is 11.9. The van der Waals surface area contributed by atoms with E-state index in [0.717, 1.165) is 5.56 Å². The van der Waals surface area contributed by atoms with Crippen LogP contribution in [-0.2, 0) is 9.53 Å². The van der Waals surface area contributed by atoms with E-state index in [0.29, 0.717) is 31.6 Å². The molecule has 3 N–H and O–H groups in total. The highest BCUT2D eigenvalue weighted by Crippen LogP contribution is 2.21. The van der Waals surface area contributed by atoms with Crippen LogP contribution in [0, 0.1) is 12.7 Å². The normalized spacial score (nSPS) is 19.4. The zero-order chi connectivity index (χ0) is 14.8. The molecule has 0 saturated carbocycles. The molecule has 20 heavy (non-hydrogen) atoms. The second-order valence-electron chi connectivity index (χ2n) is 5.47. The Hall–Kier alpha value is -1.46. The van der Waals surface area contributed by atoms with Gasteiger partial charge in [0.2, 0.25) is 5.91 Å². The van der Waals surface area contributed by atoms with Crippen molar-refractivity contribution in [3.8, 4) is 0 Å². The molecule has 1 atom stereocenters. The van der Waals surface area contributed by atoms with Gasteiger partial charge in [-0.05, 0) is 43.9 Å². The van der Waals surface area contributed by atoms with Gasteiger partial charge < -0.3 is 15.8 Å². The summed E-state index contributed by atoms with van der Waals surface area (Å²) in [4.78, 5) is 12.3. The smallest absolute Gasteiger partial charge is 0.240 e. The number of hydrogen-bond acceptors (Lipinski definition) is 3. The van der Waals surface area contributed by atoms with Gasteiger partial charge in [-0.1, -0.05) is 12.1 Å². The van der Waals surface area contributed by atoms with Crippen molar-refractivity contribution in [1.29, 1.82) is 0 Å². The van der Waals surface area contributed by atoms with Crippen molar-refractivity contribution >= 4 is 5.91 Å². The van der Waals surface area contributed by atoms with Gasteiger partial charge in [-0.3, -0.25) is 4.79 Å². The van der Waals surface area contributed by atoms with Gasteiger partial charge in [0.25, 0.3) is 0 Å². The van der Waals surface area contributed by atoms with Gasteiger partial charge in [-0.25, -0.2) is 4.39 Å². The highest BCUT2D eigenvalue weighted by Gasteiger charge is 2.36. The topological polar surface area (TPSA) is 64.4 Å². The second-order valence-corrected chi connectivity index (χ2v) is 5.47. The van der Waals surface area contributed by atoms with Gasteiger partial charge in [0.05, 0.1) is 11.6 Å². The van der Waals surface area contributed by atoms with E-state index in [2.05, 4.69) is 5.32 Å². The fourth-order valence-corrected chi connectivity index (χ4v) is 2.32. The van der Waals surface area contributed by atoms with Gasteiger partial charge in [-0.2, -0.15) is 0 Å². The number of halogens is 1. The molecule has 0 bridgehead atoms. The SMILES string of the molecule is Cc1cc(C(C)NC(=O)C2(N)CCOCC2)ccc1F. The Morgan fingerprint density at radius 3 is 2.70 bits per heavy atom. The highest BCUT2D eigenvalue weighted by molar-refractivity contribution is 5.86. The van der Waals surface area contributed by atoms with Crippen molar-refractivity contribution < 1.29 is 13.9 Å². The molecule has 0 aliphatic carbocycles. The monoisotopic (exact) mass is 280 g/mol. The number of aryl methyl sites for hydroxylation is 1. The van der Waals surface area contributed by atoms with Crippen molar-refractivity contribution in [3.05, 3.63) is 35.1 Å². The Balaban J connectivity index is 2.04. The average Bonchev–Trinajstić information content (AvgIpc) is 2.42. The minimum absolute atomic E-state index is 0.171. The number of rotatable bonds is 3. The lowest BCUT2D eigenvalue weighted by Crippen LogP contribution is -2.57. The van der Waals surface area contributed by atoms with Gasteiger partial charge in [-0.15, -0.1) is 0 Å². The van der Waals surface area contributed by atoms with E-state index in [-0.39, 0.29) is 17.8 Å². The molecule has 1 aromatic carbocycles. The molecular weight excluding hydrogens is 259 g/mol. The Morgan fingerprint density at radius 2 is 2.10 bits per heavy atom. The van der Waals surface area contributed by atoms with E-state index in [1.54, 1.807) is 19.1 Å². The van der Waals surface area contributed by atoms with Crippen LogP contribution in [0.1, 0.15) is 36.9 Å². The zero-order valence-electron chi connectivity index (χ0n) is 11.9. The standard InChI is InChI=1S/C15H21FN2O2/c1-10-9-12(3-4-13(10)16)11(2)18-14(19)15(17)5-7-20-8-6-15/h3-4,9,11H,5-8,17H2,1-2H3,(H,18,19). The lowest BCUT2D eigenvalue weighted by molar-refractivity contribution is -0.130. The summed E-state index contributed by atoms with van der Waals surface area (Å²) in [5.41, 5.74) is 6.71. The number of benzene rings is 1. The summed E-state index contributed by atoms with van der Waals surface area (Å²) in [5, 5.41) is 2.91. The third-order valence-corrected chi connectivity index (χ3v) is 3.87. The molecule has 0 aromatic heterocycles. The fourth-order valence-electron chi connectivity index (χ4n) is 2.32. The molecule has 1 amide bonds. The lowest BCUT2D eigenvalue weighted by Gasteiger charge is -2.33. The summed E-state index contributed by atoms with van der Waals surface area (Å²) in [6.07, 6.45) is 1.04. The van der Waals surface area contributed by atoms with Crippen molar-refractivity contribution in [2.75, 3.05) is 13.2 Å². The van der Waals surface area contributed by atoms with Crippen LogP contribution in [0.5, 0.6) is 0 Å². The number of carbonyl (C=O) groups is 1. The maximum Gasteiger partial charge on any atom is 0.240 e. The molecule has 110 valence electrons. The highest BCUT2D eigenvalue weighted by atomic mass is 19.1. The summed E-state index contributed by atoms with van der Waals surface area (Å²) in [7, 11) is 0. The molecule has 0 spiro atoms. The molecule has 1 saturated heterocycles. The molecule has 1 aliphatic rings. The number of carbonyl (C=O) groups excluding carboxylic acids is 1. The number of ether oxygens (including phenoxy) is 1. The maximum absolute atomic E-state index is 13.3. The number of nitrogens with one attached hydrogen (secondary N) is 1. The van der Waals surface area contributed by atoms with Crippen LogP contribution in [0.3, 0.4) is 0 Å². The van der Waals surface area contributed by atoms with E-state index < -0.39 is 5.54 Å². The van der Waals surface area contributed by atoms with Crippen LogP contribution in [0.25, 0.3) is 0 Å². The summed E-state index contributed by atoms with van der Waals surface area (Å²) < 4.78 is 18.5. The first-order chi connectivity index (χ1) is 9.42. The fraction of sp³-hybridized carbons (Fsp3) is 0.533. The summed E-state index contributed by atoms with van der Waals surface area (Å²) in [6, 6.07) is 4.64. The minimum Gasteiger partial charge on any atom is -0.381 e. The maximum atomic E-state index is 13.3. The summed E-state index contributed by atoms with van der Waals surface area (Å²) in [5.74, 6) is -0.415. The second kappa shape index (κ2) is 5.89. The quantitative estimate of drug-likeness (QED) is 0.887. The molecule has 4 nitrogen and oxygen atoms in total. The predicted molar refractivity (Wildman–Crippen MR) is 74.7 cm³/mol. The van der Waals surface area contributed by atoms with Crippen LogP contribution in [0.2, 0.25) is 0 Å². The molecule has 1 aliphatic heterocycles. The van der Waals surface area contributed by atoms with Crippen molar-refractivity contribution in [2.24, 2.45) is 5.73 Å². The van der Waals surface area contributed by atoms with E-state index in [9.17, 15) is 9.18 Å². The van der Waals surface area contributed by atoms with Crippen molar-refractivity contribution in [1.82, 2.24) is 5.32 Å². The summed E-state index contributed by atoms with van der Waals surface area (Å²) >= 11 is 0. The van der Waals surface area contributed by atoms with Crippen LogP contribution in [0.15, 0.2) is 18.2 Å². The van der Waals surface area contributed by atoms with Crippen molar-refractivity contribution in [3.63, 3.8) is 0 Å². The van der Waals surface area contributed by atoms with Gasteiger partial charge in [0.1, 0.15) is 5.82 Å². The van der Waals surface area contributed by atoms with Crippen LogP contribution >= 0.6 is 0 Å². The first kappa shape index (κ1) is 14.9. The summed E-state index contributed by atoms with van der Waals surface area (Å²) in [6.45, 7) is 4.59. The van der Waals surface area contributed by atoms with Crippen LogP contribution in [-0.4, -0.2) is 24.7 Å². The average molecular weight is 280 g/mol. The molecule has 5 heteroatoms. The first-order valence-corrected chi connectivity index (χ1v) is 6.86. The minimum atomic E-state index is -0.860. The van der Waals surface area contributed by atoms with Crippen molar-refractivity contribution in [2.45, 2.75) is 38.3 Å². The van der Waals surface area contributed by atoms with Gasteiger partial charge in [0, 0.05) is 13.2 Å². The predicted octanol–water partition coefficient (Wildman–Crippen LogP) is 1.82. The Morgan fingerprint density at radius 1 is 1.45 bits per heavy atom. The molecular formula is C15H21FN2O2. The number of nitrogens with two attached hydrogens (primary N) is 1. The first-order valence-electron chi connectivity index (χ1n) is 6.86. The molecule has 1 fully saturated rings.